The zero-order valence-corrected chi connectivity index (χ0v) is 21.4. The number of nitrogens with zero attached hydrogens (tertiary/aromatic N) is 6. The van der Waals surface area contributed by atoms with Crippen molar-refractivity contribution in [3.05, 3.63) is 60.7 Å². The fraction of sp³-hybridized carbons (Fsp3) is 0.370. The van der Waals surface area contributed by atoms with Crippen molar-refractivity contribution in [2.24, 2.45) is 7.05 Å². The number of alkyl halides is 3. The van der Waals surface area contributed by atoms with Crippen molar-refractivity contribution >= 4 is 22.6 Å². The Labute approximate surface area is 218 Å². The third kappa shape index (κ3) is 5.05. The average molecular weight is 527 g/mol. The molecule has 0 N–H and O–H groups in total. The van der Waals surface area contributed by atoms with Gasteiger partial charge in [-0.3, -0.25) is 9.48 Å². The third-order valence-corrected chi connectivity index (χ3v) is 6.85. The third-order valence-electron chi connectivity index (χ3n) is 6.85. The number of aromatic nitrogens is 4. The molecule has 0 aliphatic carbocycles. The number of hydrogen-bond acceptors (Lipinski definition) is 5. The quantitative estimate of drug-likeness (QED) is 0.368. The molecular weight excluding hydrogens is 497 g/mol. The smallest absolute Gasteiger partial charge is 0.416 e. The van der Waals surface area contributed by atoms with Gasteiger partial charge in [-0.15, -0.1) is 0 Å². The Morgan fingerprint density at radius 3 is 2.66 bits per heavy atom. The summed E-state index contributed by atoms with van der Waals surface area (Å²) in [6.07, 6.45) is 0.736. The lowest BCUT2D eigenvalue weighted by atomic mass is 10.1. The number of rotatable bonds is 6. The van der Waals surface area contributed by atoms with Gasteiger partial charge in [0.05, 0.1) is 35.7 Å². The van der Waals surface area contributed by atoms with Gasteiger partial charge in [0, 0.05) is 61.8 Å². The Bertz CT molecular complexity index is 1460. The summed E-state index contributed by atoms with van der Waals surface area (Å²) >= 11 is 0. The van der Waals surface area contributed by atoms with Crippen molar-refractivity contribution < 1.29 is 22.7 Å². The molecule has 38 heavy (non-hydrogen) atoms. The first kappa shape index (κ1) is 25.6. The monoisotopic (exact) mass is 526 g/mol. The van der Waals surface area contributed by atoms with Gasteiger partial charge in [0.1, 0.15) is 12.3 Å². The molecule has 0 saturated carbocycles. The van der Waals surface area contributed by atoms with Crippen molar-refractivity contribution in [3.63, 3.8) is 0 Å². The Kier molecular flexibility index (Phi) is 6.77. The SMILES string of the molecule is CCOc1cc(N2CCN(C(=O)Cn3cnc4cc(C(F)(F)F)ccc43)C[C@@H]2C)ccc1-c1cnn(C)c1. The Hall–Kier alpha value is -4.02. The second-order valence-electron chi connectivity index (χ2n) is 9.47. The molecule has 0 bridgehead atoms. The Morgan fingerprint density at radius 1 is 1.16 bits per heavy atom. The van der Waals surface area contributed by atoms with Crippen LogP contribution in [0.4, 0.5) is 18.9 Å². The van der Waals surface area contributed by atoms with Crippen molar-refractivity contribution in [2.75, 3.05) is 31.1 Å². The second-order valence-corrected chi connectivity index (χ2v) is 9.47. The summed E-state index contributed by atoms with van der Waals surface area (Å²) in [7, 11) is 1.87. The molecule has 200 valence electrons. The Morgan fingerprint density at radius 2 is 1.97 bits per heavy atom. The lowest BCUT2D eigenvalue weighted by molar-refractivity contribution is -0.137. The van der Waals surface area contributed by atoms with Crippen molar-refractivity contribution in [2.45, 2.75) is 32.6 Å². The van der Waals surface area contributed by atoms with Crippen molar-refractivity contribution in [1.29, 1.82) is 0 Å². The lowest BCUT2D eigenvalue weighted by Gasteiger charge is -2.41. The van der Waals surface area contributed by atoms with E-state index in [2.05, 4.69) is 28.0 Å². The lowest BCUT2D eigenvalue weighted by Crippen LogP contribution is -2.54. The number of halogens is 3. The van der Waals surface area contributed by atoms with Gasteiger partial charge in [-0.25, -0.2) is 4.98 Å². The molecule has 5 rings (SSSR count). The summed E-state index contributed by atoms with van der Waals surface area (Å²) in [6, 6.07) is 9.58. The summed E-state index contributed by atoms with van der Waals surface area (Å²) < 4.78 is 48.3. The average Bonchev–Trinajstić information content (AvgIpc) is 3.49. The summed E-state index contributed by atoms with van der Waals surface area (Å²) in [6.45, 7) is 6.27. The van der Waals surface area contributed by atoms with Gasteiger partial charge < -0.3 is 19.1 Å². The minimum Gasteiger partial charge on any atom is -0.493 e. The van der Waals surface area contributed by atoms with E-state index in [4.69, 9.17) is 4.74 Å². The first-order valence-electron chi connectivity index (χ1n) is 12.5. The zero-order chi connectivity index (χ0) is 27.0. The van der Waals surface area contributed by atoms with E-state index in [-0.39, 0.29) is 24.0 Å². The van der Waals surface area contributed by atoms with Gasteiger partial charge in [0.15, 0.2) is 0 Å². The fourth-order valence-corrected chi connectivity index (χ4v) is 4.94. The van der Waals surface area contributed by atoms with Crippen LogP contribution < -0.4 is 9.64 Å². The topological polar surface area (TPSA) is 68.4 Å². The molecule has 11 heteroatoms. The predicted octanol–water partition coefficient (Wildman–Crippen LogP) is 4.59. The number of ether oxygens (including phenoxy) is 1. The molecule has 4 aromatic rings. The minimum absolute atomic E-state index is 0.0167. The summed E-state index contributed by atoms with van der Waals surface area (Å²) in [5.74, 6) is 0.682. The van der Waals surface area contributed by atoms with Gasteiger partial charge in [-0.2, -0.15) is 18.3 Å². The highest BCUT2D eigenvalue weighted by atomic mass is 19.4. The molecule has 2 aromatic heterocycles. The summed E-state index contributed by atoms with van der Waals surface area (Å²) in [4.78, 5) is 21.2. The van der Waals surface area contributed by atoms with Crippen LogP contribution in [0.15, 0.2) is 55.1 Å². The maximum atomic E-state index is 13.1. The van der Waals surface area contributed by atoms with Crippen LogP contribution in [0.5, 0.6) is 5.75 Å². The van der Waals surface area contributed by atoms with Crippen LogP contribution in [0.2, 0.25) is 0 Å². The molecule has 3 heterocycles. The van der Waals surface area contributed by atoms with E-state index >= 15 is 0 Å². The normalized spacial score (nSPS) is 16.3. The maximum absolute atomic E-state index is 13.1. The van der Waals surface area contributed by atoms with Crippen LogP contribution in [0.1, 0.15) is 19.4 Å². The van der Waals surface area contributed by atoms with Gasteiger partial charge in [0.25, 0.3) is 0 Å². The molecule has 0 radical (unpaired) electrons. The van der Waals surface area contributed by atoms with Crippen molar-refractivity contribution in [3.8, 4) is 16.9 Å². The standard InChI is InChI=1S/C27H29F3N6O2/c1-4-38-25-12-21(6-7-22(25)19-13-32-33(3)15-19)36-10-9-34(14-18(36)2)26(37)16-35-17-31-23-11-20(27(28,29)30)5-8-24(23)35/h5-8,11-13,15,17-18H,4,9-10,14,16H2,1-3H3/t18-/m0/s1. The molecule has 0 spiro atoms. The molecule has 1 atom stereocenters. The highest BCUT2D eigenvalue weighted by Crippen LogP contribution is 2.35. The molecule has 1 saturated heterocycles. The highest BCUT2D eigenvalue weighted by molar-refractivity contribution is 5.81. The van der Waals surface area contributed by atoms with Gasteiger partial charge in [0.2, 0.25) is 5.91 Å². The number of anilines is 1. The number of aryl methyl sites for hydroxylation is 1. The molecule has 1 amide bonds. The molecule has 1 aliphatic rings. The van der Waals surface area contributed by atoms with Crippen LogP contribution in [0, 0.1) is 0 Å². The van der Waals surface area contributed by atoms with Crippen LogP contribution in [-0.4, -0.2) is 62.4 Å². The number of benzene rings is 2. The van der Waals surface area contributed by atoms with E-state index in [1.807, 2.05) is 38.5 Å². The second kappa shape index (κ2) is 10.0. The van der Waals surface area contributed by atoms with Crippen LogP contribution in [-0.2, 0) is 24.6 Å². The van der Waals surface area contributed by atoms with Gasteiger partial charge in [-0.1, -0.05) is 0 Å². The van der Waals surface area contributed by atoms with E-state index < -0.39 is 11.7 Å². The number of imidazole rings is 1. The van der Waals surface area contributed by atoms with E-state index in [0.29, 0.717) is 31.8 Å². The minimum atomic E-state index is -4.44. The number of amides is 1. The number of piperazine rings is 1. The molecule has 1 aliphatic heterocycles. The first-order valence-corrected chi connectivity index (χ1v) is 12.5. The van der Waals surface area contributed by atoms with E-state index in [1.54, 1.807) is 14.1 Å². The molecule has 8 nitrogen and oxygen atoms in total. The van der Waals surface area contributed by atoms with E-state index in [9.17, 15) is 18.0 Å². The fourth-order valence-electron chi connectivity index (χ4n) is 4.94. The number of carbonyl (C=O) groups excluding carboxylic acids is 1. The molecule has 0 unspecified atom stereocenters. The largest absolute Gasteiger partial charge is 0.493 e. The summed E-state index contributed by atoms with van der Waals surface area (Å²) in [5, 5.41) is 4.26. The van der Waals surface area contributed by atoms with Gasteiger partial charge >= 0.3 is 6.18 Å². The Balaban J connectivity index is 1.28. The van der Waals surface area contributed by atoms with E-state index in [0.717, 1.165) is 34.7 Å². The van der Waals surface area contributed by atoms with Gasteiger partial charge in [-0.05, 0) is 44.2 Å². The molecule has 1 fully saturated rings. The molecule has 2 aromatic carbocycles. The van der Waals surface area contributed by atoms with Crippen LogP contribution in [0.25, 0.3) is 22.2 Å². The van der Waals surface area contributed by atoms with Crippen LogP contribution in [0.3, 0.4) is 0 Å². The predicted molar refractivity (Wildman–Crippen MR) is 138 cm³/mol. The van der Waals surface area contributed by atoms with Crippen LogP contribution >= 0.6 is 0 Å². The first-order chi connectivity index (χ1) is 18.1. The number of fused-ring (bicyclic) bond motifs is 1. The summed E-state index contributed by atoms with van der Waals surface area (Å²) in [5.41, 5.74) is 2.92. The number of carbonyl (C=O) groups is 1. The maximum Gasteiger partial charge on any atom is 0.416 e. The zero-order valence-electron chi connectivity index (χ0n) is 21.4. The van der Waals surface area contributed by atoms with Crippen molar-refractivity contribution in [1.82, 2.24) is 24.2 Å². The highest BCUT2D eigenvalue weighted by Gasteiger charge is 2.31. The van der Waals surface area contributed by atoms with E-state index in [1.165, 1.54) is 12.4 Å². The molecular formula is C27H29F3N6O2. The number of hydrogen-bond donors (Lipinski definition) is 0.